The molecule has 6 N–H and O–H groups in total. The standard InChI is InChI=1S/C31H36N2O4.C4H6O6/c34-24-9-8-21-17-25-31(36)12-10-23(33-14-11-22(29(33)35)16-19-4-2-1-3-5-19)28-30(31,26(21)27(24)37-28)13-15-32(25)18-20-6-7-20;5-1(3(7)8)2(6)4(9)10/h1-5,8-9,20,22-23,25,28,34,36H,6-7,10-18H2;1-2,5-6H,(H,7,8)(H,9,10)/t22?,23-,25+,28+,30-,31+;/m0./s1. The number of hydrogen-bond acceptors (Lipinski definition) is 9. The van der Waals surface area contributed by atoms with E-state index in [1.54, 1.807) is 6.07 Å². The van der Waals surface area contributed by atoms with Gasteiger partial charge < -0.3 is 40.3 Å². The topological polar surface area (TPSA) is 188 Å². The number of aliphatic carboxylic acids is 2. The van der Waals surface area contributed by atoms with Crippen LogP contribution in [0.4, 0.5) is 0 Å². The number of aliphatic hydroxyl groups excluding tert-OH is 2. The van der Waals surface area contributed by atoms with E-state index >= 15 is 0 Å². The summed E-state index contributed by atoms with van der Waals surface area (Å²) in [5.74, 6) is -1.83. The second-order valence-electron chi connectivity index (χ2n) is 14.2. The molecule has 3 aliphatic heterocycles. The molecule has 1 amide bonds. The normalized spacial score (nSPS) is 33.3. The molecule has 4 fully saturated rings. The van der Waals surface area contributed by atoms with Gasteiger partial charge in [-0.15, -0.1) is 0 Å². The van der Waals surface area contributed by atoms with Gasteiger partial charge in [-0.25, -0.2) is 9.59 Å². The minimum Gasteiger partial charge on any atom is -0.504 e. The van der Waals surface area contributed by atoms with Crippen molar-refractivity contribution >= 4 is 17.8 Å². The number of aromatic hydroxyl groups is 1. The Morgan fingerprint density at radius 2 is 1.64 bits per heavy atom. The smallest absolute Gasteiger partial charge is 0.335 e. The van der Waals surface area contributed by atoms with Gasteiger partial charge in [0.2, 0.25) is 5.91 Å². The summed E-state index contributed by atoms with van der Waals surface area (Å²) in [5.41, 5.74) is 1.98. The maximum absolute atomic E-state index is 13.8. The molecule has 12 heteroatoms. The molecule has 2 saturated carbocycles. The molecule has 2 bridgehead atoms. The average molecular weight is 651 g/mol. The largest absolute Gasteiger partial charge is 0.504 e. The van der Waals surface area contributed by atoms with Crippen LogP contribution >= 0.6 is 0 Å². The number of amides is 1. The molecular weight excluding hydrogens is 608 g/mol. The molecule has 3 heterocycles. The summed E-state index contributed by atoms with van der Waals surface area (Å²) in [5, 5.41) is 56.1. The number of hydrogen-bond donors (Lipinski definition) is 6. The molecule has 0 aromatic heterocycles. The third-order valence-corrected chi connectivity index (χ3v) is 11.6. The Labute approximate surface area is 272 Å². The Bertz CT molecular complexity index is 1550. The highest BCUT2D eigenvalue weighted by Crippen LogP contribution is 2.66. The van der Waals surface area contributed by atoms with E-state index in [1.807, 2.05) is 18.2 Å². The lowest BCUT2D eigenvalue weighted by molar-refractivity contribution is -0.200. The lowest BCUT2D eigenvalue weighted by Crippen LogP contribution is -2.78. The highest BCUT2D eigenvalue weighted by molar-refractivity contribution is 5.83. The van der Waals surface area contributed by atoms with E-state index in [0.29, 0.717) is 12.2 Å². The van der Waals surface area contributed by atoms with Crippen LogP contribution in [0, 0.1) is 11.8 Å². The molecular formula is C35H42N2O10. The molecule has 1 spiro atoms. The summed E-state index contributed by atoms with van der Waals surface area (Å²) >= 11 is 0. The van der Waals surface area contributed by atoms with Crippen LogP contribution in [0.3, 0.4) is 0 Å². The summed E-state index contributed by atoms with van der Waals surface area (Å²) in [6.07, 6.45) is 2.40. The number of phenolic OH excluding ortho intramolecular Hbond substituents is 1. The number of nitrogens with zero attached hydrogens (tertiary/aromatic N) is 2. The zero-order valence-electron chi connectivity index (χ0n) is 26.1. The van der Waals surface area contributed by atoms with E-state index in [1.165, 1.54) is 24.0 Å². The number of likely N-dealkylation sites (tertiary alicyclic amines) is 2. The van der Waals surface area contributed by atoms with Gasteiger partial charge in [0.15, 0.2) is 23.7 Å². The molecule has 0 radical (unpaired) electrons. The van der Waals surface area contributed by atoms with E-state index in [2.05, 4.69) is 28.0 Å². The molecule has 12 nitrogen and oxygen atoms in total. The highest BCUT2D eigenvalue weighted by atomic mass is 16.5. The number of carboxylic acid groups (broad SMARTS) is 2. The first kappa shape index (κ1) is 31.9. The maximum atomic E-state index is 13.8. The number of carboxylic acids is 2. The number of benzene rings is 2. The molecule has 2 aromatic rings. The van der Waals surface area contributed by atoms with Gasteiger partial charge in [0.1, 0.15) is 6.10 Å². The number of rotatable bonds is 8. The molecule has 3 aliphatic carbocycles. The van der Waals surface area contributed by atoms with Crippen LogP contribution < -0.4 is 4.74 Å². The first-order valence-corrected chi connectivity index (χ1v) is 16.6. The van der Waals surface area contributed by atoms with Gasteiger partial charge in [0.25, 0.3) is 0 Å². The summed E-state index contributed by atoms with van der Waals surface area (Å²) in [6.45, 7) is 2.75. The van der Waals surface area contributed by atoms with Crippen molar-refractivity contribution in [3.63, 3.8) is 0 Å². The Kier molecular flexibility index (Phi) is 7.98. The minimum atomic E-state index is -2.27. The first-order valence-electron chi connectivity index (χ1n) is 16.6. The zero-order chi connectivity index (χ0) is 33.2. The van der Waals surface area contributed by atoms with Gasteiger partial charge in [0, 0.05) is 30.6 Å². The Balaban J connectivity index is 0.000000308. The molecule has 2 saturated heterocycles. The van der Waals surface area contributed by atoms with E-state index in [9.17, 15) is 24.6 Å². The van der Waals surface area contributed by atoms with Crippen LogP contribution in [-0.4, -0.2) is 114 Å². The van der Waals surface area contributed by atoms with Crippen molar-refractivity contribution in [3.05, 3.63) is 59.2 Å². The monoisotopic (exact) mass is 650 g/mol. The maximum Gasteiger partial charge on any atom is 0.335 e. The van der Waals surface area contributed by atoms with Crippen molar-refractivity contribution in [2.45, 2.75) is 92.8 Å². The average Bonchev–Trinajstić information content (AvgIpc) is 3.70. The van der Waals surface area contributed by atoms with E-state index in [-0.39, 0.29) is 35.8 Å². The molecule has 252 valence electrons. The van der Waals surface area contributed by atoms with Crippen LogP contribution in [0.1, 0.15) is 55.2 Å². The van der Waals surface area contributed by atoms with Crippen LogP contribution in [0.5, 0.6) is 11.5 Å². The lowest BCUT2D eigenvalue weighted by atomic mass is 9.48. The van der Waals surface area contributed by atoms with Crippen molar-refractivity contribution in [2.75, 3.05) is 19.6 Å². The summed E-state index contributed by atoms with van der Waals surface area (Å²) in [6, 6.07) is 14.1. The fraction of sp³-hybridized carbons (Fsp3) is 0.571. The first-order chi connectivity index (χ1) is 22.5. The second kappa shape index (κ2) is 11.8. The Morgan fingerprint density at radius 3 is 2.30 bits per heavy atom. The third kappa shape index (κ3) is 5.08. The molecule has 3 unspecified atom stereocenters. The SMILES string of the molecule is O=C(O)C(O)C(O)C(=O)O.O=C1C(Cc2ccccc2)CCN1[C@H]1CC[C@@]2(O)[C@H]3Cc4ccc(O)c5c4[C@@]2(CCN3CC2CC2)[C@@H]1O5. The lowest BCUT2D eigenvalue weighted by Gasteiger charge is -2.64. The fourth-order valence-electron chi connectivity index (χ4n) is 9.22. The van der Waals surface area contributed by atoms with Crippen molar-refractivity contribution in [3.8, 4) is 11.5 Å². The van der Waals surface area contributed by atoms with Crippen molar-refractivity contribution in [2.24, 2.45) is 11.8 Å². The van der Waals surface area contributed by atoms with E-state index < -0.39 is 35.2 Å². The minimum absolute atomic E-state index is 0.00653. The zero-order valence-corrected chi connectivity index (χ0v) is 26.1. The van der Waals surface area contributed by atoms with Crippen molar-refractivity contribution in [1.82, 2.24) is 9.80 Å². The number of carbonyl (C=O) groups excluding carboxylic acids is 1. The van der Waals surface area contributed by atoms with Crippen molar-refractivity contribution < 1.29 is 49.8 Å². The van der Waals surface area contributed by atoms with Gasteiger partial charge in [-0.1, -0.05) is 36.4 Å². The molecule has 2 aromatic carbocycles. The van der Waals surface area contributed by atoms with Gasteiger partial charge in [-0.2, -0.15) is 0 Å². The Hall–Kier alpha value is -3.71. The van der Waals surface area contributed by atoms with Crippen LogP contribution in [0.2, 0.25) is 0 Å². The number of piperidine rings is 1. The number of ether oxygens (including phenoxy) is 1. The van der Waals surface area contributed by atoms with Crippen LogP contribution in [0.25, 0.3) is 0 Å². The summed E-state index contributed by atoms with van der Waals surface area (Å²) < 4.78 is 6.71. The fourth-order valence-corrected chi connectivity index (χ4v) is 9.22. The molecule has 6 aliphatic rings. The van der Waals surface area contributed by atoms with Gasteiger partial charge in [-0.3, -0.25) is 9.69 Å². The number of carbonyl (C=O) groups is 3. The predicted molar refractivity (Wildman–Crippen MR) is 166 cm³/mol. The molecule has 8 rings (SSSR count). The molecule has 47 heavy (non-hydrogen) atoms. The van der Waals surface area contributed by atoms with Gasteiger partial charge >= 0.3 is 11.9 Å². The Morgan fingerprint density at radius 1 is 0.936 bits per heavy atom. The summed E-state index contributed by atoms with van der Waals surface area (Å²) in [4.78, 5) is 38.0. The molecule has 8 atom stereocenters. The summed E-state index contributed by atoms with van der Waals surface area (Å²) in [7, 11) is 0. The highest BCUT2D eigenvalue weighted by Gasteiger charge is 2.73. The number of phenols is 1. The van der Waals surface area contributed by atoms with Crippen LogP contribution in [0.15, 0.2) is 42.5 Å². The second-order valence-corrected chi connectivity index (χ2v) is 14.2. The van der Waals surface area contributed by atoms with Gasteiger partial charge in [-0.05, 0) is 81.0 Å². The van der Waals surface area contributed by atoms with E-state index in [0.717, 1.165) is 63.2 Å². The quantitative estimate of drug-likeness (QED) is 0.242. The third-order valence-electron chi connectivity index (χ3n) is 11.6. The van der Waals surface area contributed by atoms with Crippen molar-refractivity contribution in [1.29, 1.82) is 0 Å². The predicted octanol–water partition coefficient (Wildman–Crippen LogP) is 1.29. The van der Waals surface area contributed by atoms with Crippen LogP contribution in [-0.2, 0) is 32.6 Å². The van der Waals surface area contributed by atoms with E-state index in [4.69, 9.17) is 25.2 Å². The van der Waals surface area contributed by atoms with Gasteiger partial charge in [0.05, 0.1) is 17.1 Å². The number of aliphatic hydroxyl groups is 3.